The topological polar surface area (TPSA) is 31.1 Å². The van der Waals surface area contributed by atoms with Crippen LogP contribution < -0.4 is 5.32 Å². The zero-order valence-corrected chi connectivity index (χ0v) is 13.4. The van der Waals surface area contributed by atoms with E-state index in [0.29, 0.717) is 6.04 Å². The minimum Gasteiger partial charge on any atom is -0.361 e. The van der Waals surface area contributed by atoms with Gasteiger partial charge < -0.3 is 10.3 Å². The summed E-state index contributed by atoms with van der Waals surface area (Å²) in [5, 5.41) is 4.74. The quantitative estimate of drug-likeness (QED) is 0.910. The zero-order chi connectivity index (χ0) is 12.4. The van der Waals surface area contributed by atoms with Gasteiger partial charge in [0, 0.05) is 43.9 Å². The van der Waals surface area contributed by atoms with Crippen LogP contribution in [0.15, 0.2) is 30.5 Å². The molecule has 0 bridgehead atoms. The van der Waals surface area contributed by atoms with Crippen LogP contribution in [0.4, 0.5) is 0 Å². The minimum atomic E-state index is 0. The first-order chi connectivity index (χ1) is 8.88. The molecule has 0 unspecified atom stereocenters. The Balaban J connectivity index is 0.000001000. The highest BCUT2D eigenvalue weighted by molar-refractivity contribution is 5.85. The first kappa shape index (κ1) is 17.3. The van der Waals surface area contributed by atoms with E-state index >= 15 is 0 Å². The molecule has 1 aromatic carbocycles. The number of fused-ring (bicyclic) bond motifs is 1. The molecule has 3 nitrogen and oxygen atoms in total. The Labute approximate surface area is 132 Å². The molecular formula is C15H23Cl2N3. The molecule has 1 aliphatic rings. The van der Waals surface area contributed by atoms with Gasteiger partial charge in [-0.25, -0.2) is 0 Å². The van der Waals surface area contributed by atoms with E-state index in [1.807, 2.05) is 6.20 Å². The molecule has 2 aromatic rings. The smallest absolute Gasteiger partial charge is 0.0454 e. The molecule has 2 heterocycles. The van der Waals surface area contributed by atoms with Crippen molar-refractivity contribution in [2.24, 2.45) is 0 Å². The summed E-state index contributed by atoms with van der Waals surface area (Å²) in [6, 6.07) is 9.53. The second-order valence-corrected chi connectivity index (χ2v) is 5.03. The van der Waals surface area contributed by atoms with Crippen molar-refractivity contribution in [3.63, 3.8) is 0 Å². The number of benzene rings is 1. The lowest BCUT2D eigenvalue weighted by Gasteiger charge is -2.34. The molecule has 0 amide bonds. The van der Waals surface area contributed by atoms with Gasteiger partial charge in [-0.3, -0.25) is 4.90 Å². The second kappa shape index (κ2) is 7.89. The molecule has 0 aliphatic carbocycles. The lowest BCUT2D eigenvalue weighted by atomic mass is 10.0. The SMILES string of the molecule is CC[C@@H](c1ccc2[nH]ccc2c1)N1CCNCC1.Cl.Cl. The van der Waals surface area contributed by atoms with Crippen LogP contribution >= 0.6 is 24.8 Å². The third kappa shape index (κ3) is 3.47. The molecule has 1 fully saturated rings. The number of halogens is 2. The molecular weight excluding hydrogens is 293 g/mol. The number of hydrogen-bond donors (Lipinski definition) is 2. The standard InChI is InChI=1S/C15H21N3.2ClH/c1-2-15(18-9-7-16-8-10-18)13-3-4-14-12(11-13)5-6-17-14;;/h3-6,11,15-17H,2,7-10H2,1H3;2*1H/t15-;;/m0../s1. The summed E-state index contributed by atoms with van der Waals surface area (Å²) in [6.45, 7) is 6.83. The van der Waals surface area contributed by atoms with Crippen molar-refractivity contribution < 1.29 is 0 Å². The normalized spacial score (nSPS) is 17.2. The molecule has 0 radical (unpaired) electrons. The van der Waals surface area contributed by atoms with Crippen molar-refractivity contribution in [2.75, 3.05) is 26.2 Å². The van der Waals surface area contributed by atoms with E-state index < -0.39 is 0 Å². The van der Waals surface area contributed by atoms with Crippen LogP contribution in [0.25, 0.3) is 10.9 Å². The van der Waals surface area contributed by atoms with Crippen LogP contribution in [0.1, 0.15) is 24.9 Å². The van der Waals surface area contributed by atoms with E-state index in [0.717, 1.165) is 26.2 Å². The average Bonchev–Trinajstić information content (AvgIpc) is 2.88. The Kier molecular flexibility index (Phi) is 6.83. The maximum absolute atomic E-state index is 3.42. The molecule has 5 heteroatoms. The van der Waals surface area contributed by atoms with Crippen LogP contribution in [0.3, 0.4) is 0 Å². The van der Waals surface area contributed by atoms with E-state index in [2.05, 4.69) is 46.4 Å². The second-order valence-electron chi connectivity index (χ2n) is 5.03. The Morgan fingerprint density at radius 1 is 1.15 bits per heavy atom. The monoisotopic (exact) mass is 315 g/mol. The molecule has 1 atom stereocenters. The molecule has 1 aromatic heterocycles. The maximum Gasteiger partial charge on any atom is 0.0454 e. The van der Waals surface area contributed by atoms with Crippen molar-refractivity contribution in [3.05, 3.63) is 36.0 Å². The molecule has 2 N–H and O–H groups in total. The Morgan fingerprint density at radius 2 is 1.90 bits per heavy atom. The largest absolute Gasteiger partial charge is 0.361 e. The number of H-pyrrole nitrogens is 1. The molecule has 3 rings (SSSR count). The number of rotatable bonds is 3. The van der Waals surface area contributed by atoms with Gasteiger partial charge in [0.2, 0.25) is 0 Å². The van der Waals surface area contributed by atoms with Crippen molar-refractivity contribution in [2.45, 2.75) is 19.4 Å². The number of nitrogens with zero attached hydrogens (tertiary/aromatic N) is 1. The first-order valence-corrected chi connectivity index (χ1v) is 6.90. The van der Waals surface area contributed by atoms with Gasteiger partial charge in [0.15, 0.2) is 0 Å². The first-order valence-electron chi connectivity index (χ1n) is 6.90. The van der Waals surface area contributed by atoms with Crippen LogP contribution in [0, 0.1) is 0 Å². The van der Waals surface area contributed by atoms with Gasteiger partial charge in [-0.05, 0) is 35.6 Å². The van der Waals surface area contributed by atoms with Gasteiger partial charge in [-0.1, -0.05) is 13.0 Å². The van der Waals surface area contributed by atoms with E-state index in [1.165, 1.54) is 22.9 Å². The maximum atomic E-state index is 3.42. The summed E-state index contributed by atoms with van der Waals surface area (Å²) in [6.07, 6.45) is 3.19. The third-order valence-corrected chi connectivity index (χ3v) is 3.94. The van der Waals surface area contributed by atoms with Gasteiger partial charge >= 0.3 is 0 Å². The fourth-order valence-electron chi connectivity index (χ4n) is 2.98. The van der Waals surface area contributed by atoms with Crippen LogP contribution in [-0.4, -0.2) is 36.1 Å². The summed E-state index contributed by atoms with van der Waals surface area (Å²) in [4.78, 5) is 5.86. The van der Waals surface area contributed by atoms with E-state index in [9.17, 15) is 0 Å². The van der Waals surface area contributed by atoms with Crippen LogP contribution in [0.2, 0.25) is 0 Å². The van der Waals surface area contributed by atoms with Crippen molar-refractivity contribution >= 4 is 35.7 Å². The van der Waals surface area contributed by atoms with E-state index in [4.69, 9.17) is 0 Å². The highest BCUT2D eigenvalue weighted by Gasteiger charge is 2.20. The van der Waals surface area contributed by atoms with E-state index in [1.54, 1.807) is 0 Å². The van der Waals surface area contributed by atoms with Crippen LogP contribution in [0.5, 0.6) is 0 Å². The van der Waals surface area contributed by atoms with Crippen molar-refractivity contribution in [1.82, 2.24) is 15.2 Å². The Morgan fingerprint density at radius 3 is 2.60 bits per heavy atom. The number of nitrogens with one attached hydrogen (secondary N) is 2. The van der Waals surface area contributed by atoms with E-state index in [-0.39, 0.29) is 24.8 Å². The van der Waals surface area contributed by atoms with Gasteiger partial charge in [-0.2, -0.15) is 0 Å². The van der Waals surface area contributed by atoms with Gasteiger partial charge in [0.25, 0.3) is 0 Å². The average molecular weight is 316 g/mol. The molecule has 20 heavy (non-hydrogen) atoms. The van der Waals surface area contributed by atoms with Crippen molar-refractivity contribution in [1.29, 1.82) is 0 Å². The predicted molar refractivity (Wildman–Crippen MR) is 90.3 cm³/mol. The number of piperazine rings is 1. The molecule has 0 spiro atoms. The summed E-state index contributed by atoms with van der Waals surface area (Å²) in [7, 11) is 0. The number of aromatic amines is 1. The fraction of sp³-hybridized carbons (Fsp3) is 0.467. The Hall–Kier alpha value is -0.740. The molecule has 112 valence electrons. The predicted octanol–water partition coefficient (Wildman–Crippen LogP) is 3.37. The highest BCUT2D eigenvalue weighted by atomic mass is 35.5. The lowest BCUT2D eigenvalue weighted by molar-refractivity contribution is 0.169. The summed E-state index contributed by atoms with van der Waals surface area (Å²) >= 11 is 0. The Bertz CT molecular complexity index is 521. The van der Waals surface area contributed by atoms with Gasteiger partial charge in [0.05, 0.1) is 0 Å². The fourth-order valence-corrected chi connectivity index (χ4v) is 2.98. The summed E-state index contributed by atoms with van der Waals surface area (Å²) < 4.78 is 0. The minimum absolute atomic E-state index is 0. The van der Waals surface area contributed by atoms with Crippen LogP contribution in [-0.2, 0) is 0 Å². The third-order valence-electron chi connectivity index (χ3n) is 3.94. The van der Waals surface area contributed by atoms with Gasteiger partial charge in [-0.15, -0.1) is 24.8 Å². The van der Waals surface area contributed by atoms with Gasteiger partial charge in [0.1, 0.15) is 0 Å². The molecule has 1 saturated heterocycles. The number of hydrogen-bond acceptors (Lipinski definition) is 2. The lowest BCUT2D eigenvalue weighted by Crippen LogP contribution is -2.45. The highest BCUT2D eigenvalue weighted by Crippen LogP contribution is 2.27. The zero-order valence-electron chi connectivity index (χ0n) is 11.8. The number of aromatic nitrogens is 1. The van der Waals surface area contributed by atoms with Crippen molar-refractivity contribution in [3.8, 4) is 0 Å². The summed E-state index contributed by atoms with van der Waals surface area (Å²) in [5.41, 5.74) is 2.68. The molecule has 1 aliphatic heterocycles. The molecule has 0 saturated carbocycles. The summed E-state index contributed by atoms with van der Waals surface area (Å²) in [5.74, 6) is 0.